The molecule has 2 fully saturated rings. The van der Waals surface area contributed by atoms with Gasteiger partial charge in [-0.3, -0.25) is 9.69 Å². The summed E-state index contributed by atoms with van der Waals surface area (Å²) in [5.74, 6) is 1.16. The van der Waals surface area contributed by atoms with Crippen molar-refractivity contribution in [3.8, 4) is 5.75 Å². The van der Waals surface area contributed by atoms with Crippen molar-refractivity contribution in [2.75, 3.05) is 32.8 Å². The zero-order valence-electron chi connectivity index (χ0n) is 14.5. The van der Waals surface area contributed by atoms with Gasteiger partial charge >= 0.3 is 0 Å². The van der Waals surface area contributed by atoms with Crippen molar-refractivity contribution in [2.24, 2.45) is 5.92 Å². The van der Waals surface area contributed by atoms with Crippen LogP contribution >= 0.6 is 0 Å². The van der Waals surface area contributed by atoms with E-state index in [0.717, 1.165) is 57.7 Å². The van der Waals surface area contributed by atoms with Gasteiger partial charge in [-0.25, -0.2) is 0 Å². The van der Waals surface area contributed by atoms with Gasteiger partial charge in [-0.2, -0.15) is 0 Å². The molecule has 0 unspecified atom stereocenters. The van der Waals surface area contributed by atoms with Gasteiger partial charge < -0.3 is 14.7 Å². The maximum atomic E-state index is 12.0. The Hall–Kier alpha value is -1.59. The van der Waals surface area contributed by atoms with Crippen LogP contribution in [0.1, 0.15) is 31.7 Å². The van der Waals surface area contributed by atoms with Crippen molar-refractivity contribution in [1.29, 1.82) is 0 Å². The molecule has 2 heterocycles. The molecule has 2 aliphatic rings. The SMILES string of the molecule is C[C@H]1CN(Cc2ccc(OCC(=O)N3CCCC3)cc2)CC[C@@H]1O. The second-order valence-electron chi connectivity index (χ2n) is 7.09. The van der Waals surface area contributed by atoms with Gasteiger partial charge in [0.2, 0.25) is 0 Å². The van der Waals surface area contributed by atoms with E-state index < -0.39 is 0 Å². The van der Waals surface area contributed by atoms with Gasteiger partial charge in [0.15, 0.2) is 6.61 Å². The first-order valence-corrected chi connectivity index (χ1v) is 9.02. The number of amides is 1. The number of nitrogens with zero attached hydrogens (tertiary/aromatic N) is 2. The van der Waals surface area contributed by atoms with E-state index in [4.69, 9.17) is 4.74 Å². The summed E-state index contributed by atoms with van der Waals surface area (Å²) in [5.41, 5.74) is 1.23. The normalized spacial score (nSPS) is 25.0. The highest BCUT2D eigenvalue weighted by atomic mass is 16.5. The van der Waals surface area contributed by atoms with E-state index in [1.807, 2.05) is 17.0 Å². The molecule has 5 nitrogen and oxygen atoms in total. The number of benzene rings is 1. The Morgan fingerprint density at radius 1 is 1.21 bits per heavy atom. The van der Waals surface area contributed by atoms with Gasteiger partial charge in [-0.15, -0.1) is 0 Å². The van der Waals surface area contributed by atoms with Gasteiger partial charge in [0, 0.05) is 32.7 Å². The maximum absolute atomic E-state index is 12.0. The molecule has 5 heteroatoms. The highest BCUT2D eigenvalue weighted by Crippen LogP contribution is 2.20. The third-order valence-electron chi connectivity index (χ3n) is 5.09. The summed E-state index contributed by atoms with van der Waals surface area (Å²) in [6, 6.07) is 8.00. The average molecular weight is 332 g/mol. The average Bonchev–Trinajstić information content (AvgIpc) is 3.12. The number of carbonyl (C=O) groups excluding carboxylic acids is 1. The lowest BCUT2D eigenvalue weighted by molar-refractivity contribution is -0.132. The maximum Gasteiger partial charge on any atom is 0.260 e. The van der Waals surface area contributed by atoms with E-state index in [0.29, 0.717) is 5.92 Å². The molecule has 3 rings (SSSR count). The molecule has 1 N–H and O–H groups in total. The first-order chi connectivity index (χ1) is 11.6. The number of aliphatic hydroxyl groups is 1. The van der Waals surface area contributed by atoms with Gasteiger partial charge in [0.05, 0.1) is 6.10 Å². The molecule has 0 aromatic heterocycles. The Morgan fingerprint density at radius 2 is 1.92 bits per heavy atom. The highest BCUT2D eigenvalue weighted by molar-refractivity contribution is 5.78. The number of aliphatic hydroxyl groups excluding tert-OH is 1. The lowest BCUT2D eigenvalue weighted by Gasteiger charge is -2.34. The lowest BCUT2D eigenvalue weighted by atomic mass is 9.96. The van der Waals surface area contributed by atoms with Crippen LogP contribution in [0, 0.1) is 5.92 Å². The summed E-state index contributed by atoms with van der Waals surface area (Å²) < 4.78 is 5.62. The van der Waals surface area contributed by atoms with E-state index in [1.165, 1.54) is 5.56 Å². The molecule has 0 radical (unpaired) electrons. The van der Waals surface area contributed by atoms with Crippen molar-refractivity contribution in [3.05, 3.63) is 29.8 Å². The summed E-state index contributed by atoms with van der Waals surface area (Å²) >= 11 is 0. The monoisotopic (exact) mass is 332 g/mol. The fourth-order valence-electron chi connectivity index (χ4n) is 3.52. The van der Waals surface area contributed by atoms with Crippen LogP contribution in [-0.2, 0) is 11.3 Å². The zero-order valence-corrected chi connectivity index (χ0v) is 14.5. The number of carbonyl (C=O) groups is 1. The largest absolute Gasteiger partial charge is 0.484 e. The number of hydrogen-bond donors (Lipinski definition) is 1. The van der Waals surface area contributed by atoms with Crippen molar-refractivity contribution in [1.82, 2.24) is 9.80 Å². The first kappa shape index (κ1) is 17.2. The first-order valence-electron chi connectivity index (χ1n) is 9.02. The molecular weight excluding hydrogens is 304 g/mol. The van der Waals surface area contributed by atoms with Crippen LogP contribution in [0.15, 0.2) is 24.3 Å². The summed E-state index contributed by atoms with van der Waals surface area (Å²) in [5, 5.41) is 9.81. The van der Waals surface area contributed by atoms with Crippen LogP contribution in [0.3, 0.4) is 0 Å². The molecule has 132 valence electrons. The Morgan fingerprint density at radius 3 is 2.58 bits per heavy atom. The third kappa shape index (κ3) is 4.48. The molecule has 24 heavy (non-hydrogen) atoms. The number of hydrogen-bond acceptors (Lipinski definition) is 4. The van der Waals surface area contributed by atoms with E-state index in [9.17, 15) is 9.90 Å². The van der Waals surface area contributed by atoms with Crippen molar-refractivity contribution < 1.29 is 14.6 Å². The Bertz CT molecular complexity index is 540. The minimum absolute atomic E-state index is 0.0810. The van der Waals surface area contributed by atoms with Gasteiger partial charge in [0.25, 0.3) is 5.91 Å². The van der Waals surface area contributed by atoms with Crippen LogP contribution < -0.4 is 4.74 Å². The molecule has 1 aromatic rings. The van der Waals surface area contributed by atoms with E-state index in [2.05, 4.69) is 24.0 Å². The zero-order chi connectivity index (χ0) is 16.9. The van der Waals surface area contributed by atoms with E-state index in [-0.39, 0.29) is 18.6 Å². The molecule has 0 aliphatic carbocycles. The summed E-state index contributed by atoms with van der Waals surface area (Å²) in [6.45, 7) is 6.72. The van der Waals surface area contributed by atoms with Gasteiger partial charge in [0.1, 0.15) is 5.75 Å². The standard InChI is InChI=1S/C19H28N2O3/c1-15-12-20(11-8-18(15)22)13-16-4-6-17(7-5-16)24-14-19(23)21-9-2-3-10-21/h4-7,15,18,22H,2-3,8-14H2,1H3/t15-,18-/m0/s1. The Kier molecular flexibility index (Phi) is 5.74. The van der Waals surface area contributed by atoms with Crippen LogP contribution in [0.4, 0.5) is 0 Å². The quantitative estimate of drug-likeness (QED) is 0.895. The number of piperidine rings is 1. The summed E-state index contributed by atoms with van der Waals surface area (Å²) in [4.78, 5) is 16.2. The molecule has 0 spiro atoms. The molecule has 0 bridgehead atoms. The van der Waals surface area contributed by atoms with E-state index in [1.54, 1.807) is 0 Å². The number of ether oxygens (including phenoxy) is 1. The second-order valence-corrected chi connectivity index (χ2v) is 7.09. The van der Waals surface area contributed by atoms with E-state index >= 15 is 0 Å². The molecule has 2 atom stereocenters. The Balaban J connectivity index is 1.45. The summed E-state index contributed by atoms with van der Waals surface area (Å²) in [6.07, 6.45) is 2.89. The van der Waals surface area contributed by atoms with Crippen molar-refractivity contribution in [2.45, 2.75) is 38.8 Å². The molecular formula is C19H28N2O3. The predicted molar refractivity (Wildman–Crippen MR) is 92.8 cm³/mol. The van der Waals surface area contributed by atoms with Crippen molar-refractivity contribution >= 4 is 5.91 Å². The molecule has 0 saturated carbocycles. The number of rotatable bonds is 5. The fourth-order valence-corrected chi connectivity index (χ4v) is 3.52. The minimum atomic E-state index is -0.162. The topological polar surface area (TPSA) is 53.0 Å². The predicted octanol–water partition coefficient (Wildman–Crippen LogP) is 1.89. The molecule has 1 amide bonds. The third-order valence-corrected chi connectivity index (χ3v) is 5.09. The molecule has 1 aromatic carbocycles. The minimum Gasteiger partial charge on any atom is -0.484 e. The smallest absolute Gasteiger partial charge is 0.260 e. The molecule has 2 saturated heterocycles. The van der Waals surface area contributed by atoms with Gasteiger partial charge in [-0.1, -0.05) is 19.1 Å². The fraction of sp³-hybridized carbons (Fsp3) is 0.632. The molecule has 2 aliphatic heterocycles. The second kappa shape index (κ2) is 7.99. The highest BCUT2D eigenvalue weighted by Gasteiger charge is 2.24. The van der Waals surface area contributed by atoms with Gasteiger partial charge in [-0.05, 0) is 42.9 Å². The number of likely N-dealkylation sites (tertiary alicyclic amines) is 2. The van der Waals surface area contributed by atoms with Crippen molar-refractivity contribution in [3.63, 3.8) is 0 Å². The van der Waals surface area contributed by atoms with Crippen LogP contribution in [0.2, 0.25) is 0 Å². The van der Waals surface area contributed by atoms with Crippen LogP contribution in [0.25, 0.3) is 0 Å². The van der Waals surface area contributed by atoms with Crippen LogP contribution in [-0.4, -0.2) is 59.7 Å². The summed E-state index contributed by atoms with van der Waals surface area (Å²) in [7, 11) is 0. The lowest BCUT2D eigenvalue weighted by Crippen LogP contribution is -2.41. The van der Waals surface area contributed by atoms with Crippen LogP contribution in [0.5, 0.6) is 5.75 Å². The Labute approximate surface area is 144 Å².